The summed E-state index contributed by atoms with van der Waals surface area (Å²) in [5, 5.41) is 22.7. The predicted molar refractivity (Wildman–Crippen MR) is 108 cm³/mol. The van der Waals surface area contributed by atoms with Gasteiger partial charge in [0.1, 0.15) is 0 Å². The van der Waals surface area contributed by atoms with Crippen molar-refractivity contribution in [3.8, 4) is 17.2 Å². The van der Waals surface area contributed by atoms with Gasteiger partial charge in [0.15, 0.2) is 11.5 Å². The molecule has 0 unspecified atom stereocenters. The Morgan fingerprint density at radius 2 is 1.57 bits per heavy atom. The Morgan fingerprint density at radius 1 is 1.00 bits per heavy atom. The lowest BCUT2D eigenvalue weighted by atomic mass is 10.1. The highest BCUT2D eigenvalue weighted by Gasteiger charge is 2.21. The van der Waals surface area contributed by atoms with Gasteiger partial charge < -0.3 is 24.6 Å². The van der Waals surface area contributed by atoms with E-state index in [0.717, 1.165) is 12.1 Å². The van der Waals surface area contributed by atoms with E-state index >= 15 is 0 Å². The van der Waals surface area contributed by atoms with E-state index in [0.29, 0.717) is 37.1 Å². The van der Waals surface area contributed by atoms with Crippen LogP contribution in [0.2, 0.25) is 0 Å². The lowest BCUT2D eigenvalue weighted by Crippen LogP contribution is -2.16. The molecule has 160 valence electrons. The summed E-state index contributed by atoms with van der Waals surface area (Å²) in [5.41, 5.74) is -0.745. The van der Waals surface area contributed by atoms with E-state index in [9.17, 15) is 24.8 Å². The minimum absolute atomic E-state index is 0.0806. The van der Waals surface area contributed by atoms with Crippen molar-refractivity contribution < 1.29 is 33.8 Å². The zero-order valence-corrected chi connectivity index (χ0v) is 16.8. The van der Waals surface area contributed by atoms with Gasteiger partial charge in [-0.15, -0.1) is 0 Å². The quantitative estimate of drug-likeness (QED) is 0.440. The lowest BCUT2D eigenvalue weighted by Gasteiger charge is -2.17. The van der Waals surface area contributed by atoms with Crippen LogP contribution in [-0.2, 0) is 0 Å². The monoisotopic (exact) mass is 418 g/mol. The second-order valence-electron chi connectivity index (χ2n) is 5.85. The van der Waals surface area contributed by atoms with E-state index in [1.807, 2.05) is 0 Å². The van der Waals surface area contributed by atoms with Crippen molar-refractivity contribution in [2.45, 2.75) is 20.8 Å². The average molecular weight is 418 g/mol. The summed E-state index contributed by atoms with van der Waals surface area (Å²) in [5.74, 6) is -1.09. The van der Waals surface area contributed by atoms with Gasteiger partial charge in [-0.1, -0.05) is 0 Å². The molecule has 2 aromatic carbocycles. The van der Waals surface area contributed by atoms with Gasteiger partial charge in [-0.05, 0) is 39.0 Å². The Kier molecular flexibility index (Phi) is 7.56. The highest BCUT2D eigenvalue weighted by Crippen LogP contribution is 2.39. The van der Waals surface area contributed by atoms with Crippen LogP contribution in [0, 0.1) is 10.1 Å². The fourth-order valence-corrected chi connectivity index (χ4v) is 2.65. The molecule has 30 heavy (non-hydrogen) atoms. The molecule has 0 aliphatic carbocycles. The van der Waals surface area contributed by atoms with E-state index in [4.69, 9.17) is 14.2 Å². The number of nitrogens with one attached hydrogen (secondary N) is 1. The Balaban J connectivity index is 2.45. The van der Waals surface area contributed by atoms with Crippen LogP contribution in [0.4, 0.5) is 11.4 Å². The second kappa shape index (κ2) is 10.1. The Bertz CT molecular complexity index is 931. The van der Waals surface area contributed by atoms with Crippen LogP contribution in [-0.4, -0.2) is 41.7 Å². The third-order valence-electron chi connectivity index (χ3n) is 3.86. The molecular formula is C20H22N2O8. The summed E-state index contributed by atoms with van der Waals surface area (Å²) in [7, 11) is 0. The van der Waals surface area contributed by atoms with Crippen molar-refractivity contribution in [3.05, 3.63) is 51.6 Å². The first-order chi connectivity index (χ1) is 14.3. The van der Waals surface area contributed by atoms with Crippen molar-refractivity contribution in [3.63, 3.8) is 0 Å². The van der Waals surface area contributed by atoms with Gasteiger partial charge in [0, 0.05) is 17.7 Å². The molecule has 10 heteroatoms. The van der Waals surface area contributed by atoms with Crippen LogP contribution in [0.15, 0.2) is 30.3 Å². The molecule has 2 rings (SSSR count). The third kappa shape index (κ3) is 5.16. The summed E-state index contributed by atoms with van der Waals surface area (Å²) in [6.45, 7) is 6.35. The first kappa shape index (κ1) is 22.5. The highest BCUT2D eigenvalue weighted by molar-refractivity contribution is 6.08. The fourth-order valence-electron chi connectivity index (χ4n) is 2.65. The summed E-state index contributed by atoms with van der Waals surface area (Å²) in [6.07, 6.45) is 0. The number of non-ortho nitro benzene ring substituents is 1. The molecule has 0 saturated heterocycles. The maximum Gasteiger partial charge on any atom is 0.338 e. The van der Waals surface area contributed by atoms with Crippen molar-refractivity contribution in [1.29, 1.82) is 0 Å². The topological polar surface area (TPSA) is 137 Å². The SMILES string of the molecule is CCOc1cc(C(=O)Nc2ccc([N+](=O)[O-])cc2C(=O)O)cc(OCC)c1OCC. The van der Waals surface area contributed by atoms with Gasteiger partial charge in [0.05, 0.1) is 36.0 Å². The van der Waals surface area contributed by atoms with E-state index < -0.39 is 28.1 Å². The van der Waals surface area contributed by atoms with Crippen LogP contribution < -0.4 is 19.5 Å². The molecule has 0 heterocycles. The molecule has 0 aromatic heterocycles. The van der Waals surface area contributed by atoms with Gasteiger partial charge >= 0.3 is 5.97 Å². The normalized spacial score (nSPS) is 10.2. The molecule has 2 aromatic rings. The number of carbonyl (C=O) groups is 2. The van der Waals surface area contributed by atoms with Crippen LogP contribution in [0.25, 0.3) is 0 Å². The number of nitro groups is 1. The van der Waals surface area contributed by atoms with Gasteiger partial charge in [0.2, 0.25) is 5.75 Å². The van der Waals surface area contributed by atoms with Gasteiger partial charge in [-0.2, -0.15) is 0 Å². The van der Waals surface area contributed by atoms with Crippen LogP contribution >= 0.6 is 0 Å². The summed E-state index contributed by atoms with van der Waals surface area (Å²) in [6, 6.07) is 6.07. The molecule has 0 bridgehead atoms. The highest BCUT2D eigenvalue weighted by atomic mass is 16.6. The number of benzene rings is 2. The standard InChI is InChI=1S/C20H22N2O8/c1-4-28-16-9-12(10-17(29-5-2)18(16)30-6-3)19(23)21-15-8-7-13(22(26)27)11-14(15)20(24)25/h7-11H,4-6H2,1-3H3,(H,21,23)(H,24,25). The maximum absolute atomic E-state index is 12.8. The van der Waals surface area contributed by atoms with E-state index in [-0.39, 0.29) is 11.3 Å². The summed E-state index contributed by atoms with van der Waals surface area (Å²) >= 11 is 0. The van der Waals surface area contributed by atoms with Crippen molar-refractivity contribution >= 4 is 23.3 Å². The molecular weight excluding hydrogens is 396 g/mol. The van der Waals surface area contributed by atoms with E-state index in [1.54, 1.807) is 20.8 Å². The number of anilines is 1. The number of aromatic carboxylic acids is 1. The van der Waals surface area contributed by atoms with Crippen molar-refractivity contribution in [2.75, 3.05) is 25.1 Å². The molecule has 0 aliphatic rings. The van der Waals surface area contributed by atoms with Gasteiger partial charge in [0.25, 0.3) is 11.6 Å². The number of carbonyl (C=O) groups excluding carboxylic acids is 1. The number of carboxylic acid groups (broad SMARTS) is 1. The van der Waals surface area contributed by atoms with Crippen LogP contribution in [0.3, 0.4) is 0 Å². The summed E-state index contributed by atoms with van der Waals surface area (Å²) < 4.78 is 16.7. The largest absolute Gasteiger partial charge is 0.490 e. The number of hydrogen-bond donors (Lipinski definition) is 2. The number of hydrogen-bond acceptors (Lipinski definition) is 7. The Hall–Kier alpha value is -3.82. The number of amides is 1. The Morgan fingerprint density at radius 3 is 2.03 bits per heavy atom. The number of nitro benzene ring substituents is 1. The van der Waals surface area contributed by atoms with Crippen LogP contribution in [0.1, 0.15) is 41.5 Å². The molecule has 0 fully saturated rings. The lowest BCUT2D eigenvalue weighted by molar-refractivity contribution is -0.384. The predicted octanol–water partition coefficient (Wildman–Crippen LogP) is 3.74. The number of ether oxygens (including phenoxy) is 3. The van der Waals surface area contributed by atoms with E-state index in [1.165, 1.54) is 18.2 Å². The fraction of sp³-hybridized carbons (Fsp3) is 0.300. The molecule has 2 N–H and O–H groups in total. The number of nitrogens with zero attached hydrogens (tertiary/aromatic N) is 1. The summed E-state index contributed by atoms with van der Waals surface area (Å²) in [4.78, 5) is 34.5. The first-order valence-electron chi connectivity index (χ1n) is 9.21. The maximum atomic E-state index is 12.8. The van der Waals surface area contributed by atoms with Crippen molar-refractivity contribution in [2.24, 2.45) is 0 Å². The van der Waals surface area contributed by atoms with Crippen LogP contribution in [0.5, 0.6) is 17.2 Å². The van der Waals surface area contributed by atoms with Crippen molar-refractivity contribution in [1.82, 2.24) is 0 Å². The smallest absolute Gasteiger partial charge is 0.338 e. The third-order valence-corrected chi connectivity index (χ3v) is 3.86. The van der Waals surface area contributed by atoms with Gasteiger partial charge in [-0.25, -0.2) is 4.79 Å². The minimum atomic E-state index is -1.41. The molecule has 0 radical (unpaired) electrons. The average Bonchev–Trinajstić information content (AvgIpc) is 2.70. The molecule has 0 spiro atoms. The molecule has 0 atom stereocenters. The molecule has 0 saturated carbocycles. The molecule has 0 aliphatic heterocycles. The second-order valence-corrected chi connectivity index (χ2v) is 5.85. The van der Waals surface area contributed by atoms with E-state index in [2.05, 4.69) is 5.32 Å². The molecule has 10 nitrogen and oxygen atoms in total. The zero-order chi connectivity index (χ0) is 22.3. The number of carboxylic acids is 1. The first-order valence-corrected chi connectivity index (χ1v) is 9.21. The number of rotatable bonds is 10. The molecule has 1 amide bonds. The Labute approximate surface area is 172 Å². The zero-order valence-electron chi connectivity index (χ0n) is 16.8. The minimum Gasteiger partial charge on any atom is -0.490 e. The van der Waals surface area contributed by atoms with Gasteiger partial charge in [-0.3, -0.25) is 14.9 Å².